The normalized spacial score (nSPS) is 14.5. The standard InChI is InChI=1S/C21H25.C15H14.C5H5.Hf/c1-20(2,3)16-7-9-18-14(12-16)11-15-13-17(21(4,5)6)8-10-19(15)18;1-3-8-14(9-4-1)12-7-13-15-10-5-2-6-11-15;1-2-4-5-3-1;/h7-13H,1-6H3;1-6,8-11H,12-13H2;1-3H,4H2;. The van der Waals surface area contributed by atoms with E-state index in [-0.39, 0.29) is 10.8 Å². The molecule has 0 atom stereocenters. The number of allylic oxidation sites excluding steroid dienone is 4. The van der Waals surface area contributed by atoms with Crippen LogP contribution in [-0.2, 0) is 44.6 Å². The van der Waals surface area contributed by atoms with Crippen molar-refractivity contribution in [2.75, 3.05) is 0 Å². The first-order valence-corrected chi connectivity index (χ1v) is 21.2. The molecule has 0 saturated carbocycles. The molecule has 0 bridgehead atoms. The average Bonchev–Trinajstić information content (AvgIpc) is 3.60. The predicted octanol–water partition coefficient (Wildman–Crippen LogP) is 10.5. The molecular formula is C41H44Hf. The Morgan fingerprint density at radius 2 is 1.12 bits per heavy atom. The van der Waals surface area contributed by atoms with Crippen LogP contribution in [-0.4, -0.2) is 3.26 Å². The van der Waals surface area contributed by atoms with Crippen molar-refractivity contribution in [2.24, 2.45) is 0 Å². The Kier molecular flexibility index (Phi) is 8.09. The maximum absolute atomic E-state index is 2.77. The van der Waals surface area contributed by atoms with E-state index >= 15 is 0 Å². The van der Waals surface area contributed by atoms with Crippen molar-refractivity contribution >= 4 is 3.26 Å². The molecule has 1 heteroatoms. The second-order valence-electron chi connectivity index (χ2n) is 14.2. The molecule has 0 amide bonds. The van der Waals surface area contributed by atoms with Crippen LogP contribution < -0.4 is 0 Å². The second kappa shape index (κ2) is 11.6. The van der Waals surface area contributed by atoms with Crippen LogP contribution in [0.25, 0.3) is 11.1 Å². The summed E-state index contributed by atoms with van der Waals surface area (Å²) >= 11 is -2.77. The zero-order chi connectivity index (χ0) is 29.5. The fraction of sp³-hybridized carbons (Fsp3) is 0.293. The summed E-state index contributed by atoms with van der Waals surface area (Å²) in [5, 5.41) is 0. The molecule has 0 spiro atoms. The SMILES string of the molecule is CC(C)(C)c1ccc2c(c1)[CH]([Hf]([C]1=CC=CC1)=[C](Cc1ccccc1)Cc1ccccc1)c1cc(C(C)(C)C)ccc1-2. The van der Waals surface area contributed by atoms with E-state index in [1.165, 1.54) is 33.4 Å². The van der Waals surface area contributed by atoms with Gasteiger partial charge in [-0.1, -0.05) is 0 Å². The summed E-state index contributed by atoms with van der Waals surface area (Å²) in [4.78, 5) is 0. The number of fused-ring (bicyclic) bond motifs is 3. The molecule has 2 aliphatic rings. The first kappa shape index (κ1) is 29.2. The molecule has 0 saturated heterocycles. The first-order valence-electron chi connectivity index (χ1n) is 15.5. The Balaban J connectivity index is 1.65. The molecular weight excluding hydrogens is 671 g/mol. The molecule has 212 valence electrons. The Labute approximate surface area is 261 Å². The Hall–Kier alpha value is -2.90. The molecule has 42 heavy (non-hydrogen) atoms. The monoisotopic (exact) mass is 716 g/mol. The summed E-state index contributed by atoms with van der Waals surface area (Å²) in [6.45, 7) is 14.1. The van der Waals surface area contributed by atoms with Crippen molar-refractivity contribution < 1.29 is 21.0 Å². The zero-order valence-corrected chi connectivity index (χ0v) is 29.8. The quantitative estimate of drug-likeness (QED) is 0.175. The van der Waals surface area contributed by atoms with Crippen molar-refractivity contribution in [2.45, 2.75) is 75.3 Å². The van der Waals surface area contributed by atoms with Crippen LogP contribution in [0.5, 0.6) is 0 Å². The van der Waals surface area contributed by atoms with E-state index in [0.717, 1.165) is 19.3 Å². The summed E-state index contributed by atoms with van der Waals surface area (Å²) in [6, 6.07) is 37.4. The summed E-state index contributed by atoms with van der Waals surface area (Å²) in [7, 11) is 0. The molecule has 0 radical (unpaired) electrons. The van der Waals surface area contributed by atoms with Gasteiger partial charge in [0.2, 0.25) is 0 Å². The van der Waals surface area contributed by atoms with Gasteiger partial charge in [-0.05, 0) is 0 Å². The van der Waals surface area contributed by atoms with Crippen LogP contribution >= 0.6 is 0 Å². The van der Waals surface area contributed by atoms with E-state index in [9.17, 15) is 0 Å². The topological polar surface area (TPSA) is 0 Å². The van der Waals surface area contributed by atoms with Gasteiger partial charge in [-0.25, -0.2) is 0 Å². The molecule has 2 aliphatic carbocycles. The van der Waals surface area contributed by atoms with Gasteiger partial charge in [0.05, 0.1) is 0 Å². The zero-order valence-electron chi connectivity index (χ0n) is 26.2. The molecule has 0 aromatic heterocycles. The Morgan fingerprint density at radius 1 is 0.643 bits per heavy atom. The summed E-state index contributed by atoms with van der Waals surface area (Å²) in [5.41, 5.74) is 12.2. The van der Waals surface area contributed by atoms with Crippen LogP contribution in [0.1, 0.15) is 85.0 Å². The Bertz CT molecular complexity index is 1580. The summed E-state index contributed by atoms with van der Waals surface area (Å²) in [6.07, 6.45) is 10.5. The number of benzene rings is 4. The van der Waals surface area contributed by atoms with Crippen LogP contribution in [0.15, 0.2) is 119 Å². The van der Waals surface area contributed by atoms with Crippen LogP contribution in [0.2, 0.25) is 0 Å². The van der Waals surface area contributed by atoms with E-state index in [0.29, 0.717) is 3.67 Å². The van der Waals surface area contributed by atoms with Crippen LogP contribution in [0.3, 0.4) is 0 Å². The molecule has 0 fully saturated rings. The minimum absolute atomic E-state index is 0.116. The van der Waals surface area contributed by atoms with E-state index in [4.69, 9.17) is 0 Å². The predicted molar refractivity (Wildman–Crippen MR) is 178 cm³/mol. The van der Waals surface area contributed by atoms with E-state index < -0.39 is 21.0 Å². The molecule has 0 unspecified atom stereocenters. The first-order chi connectivity index (χ1) is 20.1. The van der Waals surface area contributed by atoms with Crippen LogP contribution in [0, 0.1) is 0 Å². The maximum atomic E-state index is 2.60. The van der Waals surface area contributed by atoms with Gasteiger partial charge >= 0.3 is 263 Å². The third-order valence-electron chi connectivity index (χ3n) is 9.05. The van der Waals surface area contributed by atoms with Crippen molar-refractivity contribution in [3.63, 3.8) is 0 Å². The minimum atomic E-state index is -2.77. The van der Waals surface area contributed by atoms with Crippen molar-refractivity contribution in [1.29, 1.82) is 0 Å². The number of hydrogen-bond donors (Lipinski definition) is 0. The van der Waals surface area contributed by atoms with Crippen molar-refractivity contribution in [3.8, 4) is 11.1 Å². The van der Waals surface area contributed by atoms with E-state index in [1.54, 1.807) is 14.5 Å². The van der Waals surface area contributed by atoms with Gasteiger partial charge in [0.1, 0.15) is 0 Å². The van der Waals surface area contributed by atoms with Crippen LogP contribution in [0.4, 0.5) is 0 Å². The fourth-order valence-corrected chi connectivity index (χ4v) is 20.1. The van der Waals surface area contributed by atoms with E-state index in [1.807, 2.05) is 3.26 Å². The Morgan fingerprint density at radius 3 is 1.52 bits per heavy atom. The van der Waals surface area contributed by atoms with Gasteiger partial charge in [0.15, 0.2) is 0 Å². The fourth-order valence-electron chi connectivity index (χ4n) is 6.71. The van der Waals surface area contributed by atoms with Gasteiger partial charge < -0.3 is 0 Å². The molecule has 0 aliphatic heterocycles. The molecule has 4 aromatic carbocycles. The number of hydrogen-bond acceptors (Lipinski definition) is 0. The molecule has 0 nitrogen and oxygen atoms in total. The summed E-state index contributed by atoms with van der Waals surface area (Å²) in [5.74, 6) is 0. The van der Waals surface area contributed by atoms with Gasteiger partial charge in [-0.15, -0.1) is 0 Å². The molecule has 0 heterocycles. The van der Waals surface area contributed by atoms with E-state index in [2.05, 4.69) is 157 Å². The number of rotatable bonds is 6. The van der Waals surface area contributed by atoms with Gasteiger partial charge in [0, 0.05) is 0 Å². The van der Waals surface area contributed by atoms with Crippen molar-refractivity contribution in [3.05, 3.63) is 152 Å². The third-order valence-corrected chi connectivity index (χ3v) is 21.2. The van der Waals surface area contributed by atoms with Gasteiger partial charge in [0.25, 0.3) is 0 Å². The second-order valence-corrected chi connectivity index (χ2v) is 24.1. The molecule has 0 N–H and O–H groups in total. The van der Waals surface area contributed by atoms with Gasteiger partial charge in [-0.3, -0.25) is 0 Å². The van der Waals surface area contributed by atoms with Gasteiger partial charge in [-0.2, -0.15) is 0 Å². The average molecular weight is 715 g/mol. The molecule has 4 aromatic rings. The molecule has 6 rings (SSSR count). The summed E-state index contributed by atoms with van der Waals surface area (Å²) < 4.78 is 4.07. The third kappa shape index (κ3) is 5.96. The van der Waals surface area contributed by atoms with Crippen molar-refractivity contribution in [1.82, 2.24) is 0 Å².